The summed E-state index contributed by atoms with van der Waals surface area (Å²) in [4.78, 5) is 10.6. The highest BCUT2D eigenvalue weighted by Gasteiger charge is 2.18. The van der Waals surface area contributed by atoms with Crippen LogP contribution in [-0.4, -0.2) is 25.9 Å². The van der Waals surface area contributed by atoms with Gasteiger partial charge in [-0.25, -0.2) is 0 Å². The Bertz CT molecular complexity index is 255. The summed E-state index contributed by atoms with van der Waals surface area (Å²) in [5, 5.41) is -1.11. The molecule has 70 valence electrons. The molecule has 4 nitrogen and oxygen atoms in total. The fraction of sp³-hybridized carbons (Fsp3) is 0.500. The molecule has 0 radical (unpaired) electrons. The highest BCUT2D eigenvalue weighted by molar-refractivity contribution is 8.02. The summed E-state index contributed by atoms with van der Waals surface area (Å²) in [6, 6.07) is 0. The van der Waals surface area contributed by atoms with Gasteiger partial charge in [-0.2, -0.15) is 21.0 Å². The molecule has 0 spiro atoms. The second kappa shape index (κ2) is 5.34. The fourth-order valence-corrected chi connectivity index (χ4v) is 1.18. The van der Waals surface area contributed by atoms with Crippen LogP contribution in [0.2, 0.25) is 0 Å². The molecule has 0 atom stereocenters. The van der Waals surface area contributed by atoms with Gasteiger partial charge in [-0.05, 0) is 18.2 Å². The summed E-state index contributed by atoms with van der Waals surface area (Å²) in [5.41, 5.74) is 0. The average Bonchev–Trinajstić information content (AvgIpc) is 2.03. The normalized spacial score (nSPS) is 11.1. The molecule has 0 bridgehead atoms. The van der Waals surface area contributed by atoms with E-state index in [0.29, 0.717) is 18.2 Å². The molecule has 0 heterocycles. The van der Waals surface area contributed by atoms with Crippen molar-refractivity contribution >= 4 is 27.9 Å². The van der Waals surface area contributed by atoms with E-state index in [9.17, 15) is 13.2 Å². The number of carbonyl (C=O) groups excluding carboxylic acids is 1. The van der Waals surface area contributed by atoms with E-state index in [1.807, 2.05) is 0 Å². The molecule has 0 aliphatic rings. The lowest BCUT2D eigenvalue weighted by molar-refractivity contribution is -0.108. The molecule has 0 aromatic rings. The zero-order chi connectivity index (χ0) is 9.61. The first-order chi connectivity index (χ1) is 5.54. The summed E-state index contributed by atoms with van der Waals surface area (Å²) in [7, 11) is -4.07. The molecule has 0 saturated heterocycles. The van der Waals surface area contributed by atoms with Gasteiger partial charge in [0.15, 0.2) is 0 Å². The van der Waals surface area contributed by atoms with Gasteiger partial charge in [-0.1, -0.05) is 6.58 Å². The Hall–Kier alpha value is -0.330. The molecular formula is C6H10O4S2. The van der Waals surface area contributed by atoms with Crippen LogP contribution in [0, 0.1) is 0 Å². The van der Waals surface area contributed by atoms with Crippen molar-refractivity contribution in [2.45, 2.75) is 6.42 Å². The van der Waals surface area contributed by atoms with E-state index >= 15 is 0 Å². The molecule has 0 aliphatic heterocycles. The molecule has 0 amide bonds. The summed E-state index contributed by atoms with van der Waals surface area (Å²) in [6.07, 6.45) is 1.18. The summed E-state index contributed by atoms with van der Waals surface area (Å²) >= 11 is 3.85. The summed E-state index contributed by atoms with van der Waals surface area (Å²) in [6.45, 7) is 3.01. The highest BCUT2D eigenvalue weighted by Crippen LogP contribution is 1.97. The van der Waals surface area contributed by atoms with E-state index in [4.69, 9.17) is 0 Å². The zero-order valence-corrected chi connectivity index (χ0v) is 8.11. The van der Waals surface area contributed by atoms with E-state index in [1.54, 1.807) is 0 Å². The van der Waals surface area contributed by atoms with E-state index in [0.717, 1.165) is 0 Å². The molecule has 12 heavy (non-hydrogen) atoms. The lowest BCUT2D eigenvalue weighted by Crippen LogP contribution is -2.16. The van der Waals surface area contributed by atoms with Gasteiger partial charge in [-0.15, -0.1) is 0 Å². The van der Waals surface area contributed by atoms with Gasteiger partial charge in [0, 0.05) is 0 Å². The number of rotatable bonds is 5. The SMILES string of the molecule is C=CC(=O)S(=O)(=O)OCCCS. The van der Waals surface area contributed by atoms with E-state index < -0.39 is 15.2 Å². The summed E-state index contributed by atoms with van der Waals surface area (Å²) < 4.78 is 25.9. The van der Waals surface area contributed by atoms with Crippen LogP contribution in [0.25, 0.3) is 0 Å². The third-order valence-corrected chi connectivity index (χ3v) is 2.41. The molecule has 0 fully saturated rings. The first-order valence-corrected chi connectivity index (χ1v) is 5.25. The van der Waals surface area contributed by atoms with Gasteiger partial charge < -0.3 is 0 Å². The van der Waals surface area contributed by atoms with Crippen molar-refractivity contribution in [3.63, 3.8) is 0 Å². The second-order valence-corrected chi connectivity index (χ2v) is 3.87. The molecular weight excluding hydrogens is 200 g/mol. The lowest BCUT2D eigenvalue weighted by atomic mass is 10.5. The third kappa shape index (κ3) is 3.89. The Morgan fingerprint density at radius 3 is 2.58 bits per heavy atom. The van der Waals surface area contributed by atoms with Crippen molar-refractivity contribution in [3.8, 4) is 0 Å². The molecule has 0 rings (SSSR count). The van der Waals surface area contributed by atoms with Gasteiger partial charge in [0.05, 0.1) is 6.61 Å². The average molecular weight is 210 g/mol. The zero-order valence-electron chi connectivity index (χ0n) is 6.39. The van der Waals surface area contributed by atoms with Gasteiger partial charge in [0.1, 0.15) is 0 Å². The first kappa shape index (κ1) is 11.7. The maximum atomic E-state index is 10.8. The number of carbonyl (C=O) groups is 1. The van der Waals surface area contributed by atoms with Crippen LogP contribution >= 0.6 is 12.6 Å². The van der Waals surface area contributed by atoms with E-state index in [2.05, 4.69) is 23.4 Å². The maximum Gasteiger partial charge on any atom is 0.335 e. The largest absolute Gasteiger partial charge is 0.335 e. The quantitative estimate of drug-likeness (QED) is 0.308. The van der Waals surface area contributed by atoms with Gasteiger partial charge in [0.2, 0.25) is 0 Å². The number of hydrogen-bond donors (Lipinski definition) is 1. The Balaban J connectivity index is 4.06. The predicted octanol–water partition coefficient (Wildman–Crippen LogP) is 0.365. The summed E-state index contributed by atoms with van der Waals surface area (Å²) in [5.74, 6) is 0.512. The topological polar surface area (TPSA) is 60.4 Å². The fourth-order valence-electron chi connectivity index (χ4n) is 0.393. The van der Waals surface area contributed by atoms with Crippen LogP contribution in [-0.2, 0) is 19.1 Å². The first-order valence-electron chi connectivity index (χ1n) is 3.21. The van der Waals surface area contributed by atoms with Crippen molar-refractivity contribution in [3.05, 3.63) is 12.7 Å². The van der Waals surface area contributed by atoms with Crippen LogP contribution in [0.1, 0.15) is 6.42 Å². The van der Waals surface area contributed by atoms with Crippen LogP contribution in [0.3, 0.4) is 0 Å². The monoisotopic (exact) mass is 210 g/mol. The van der Waals surface area contributed by atoms with Crippen LogP contribution < -0.4 is 0 Å². The predicted molar refractivity (Wildman–Crippen MR) is 48.5 cm³/mol. The van der Waals surface area contributed by atoms with Crippen molar-refractivity contribution in [1.29, 1.82) is 0 Å². The van der Waals surface area contributed by atoms with Gasteiger partial charge >= 0.3 is 10.1 Å². The maximum absolute atomic E-state index is 10.8. The highest BCUT2D eigenvalue weighted by atomic mass is 32.2. The molecule has 0 saturated carbocycles. The van der Waals surface area contributed by atoms with Crippen molar-refractivity contribution in [2.75, 3.05) is 12.4 Å². The minimum absolute atomic E-state index is 0.0224. The lowest BCUT2D eigenvalue weighted by Gasteiger charge is -1.99. The van der Waals surface area contributed by atoms with Crippen molar-refractivity contribution < 1.29 is 17.4 Å². The smallest absolute Gasteiger partial charge is 0.274 e. The molecule has 0 N–H and O–H groups in total. The van der Waals surface area contributed by atoms with Crippen molar-refractivity contribution in [1.82, 2.24) is 0 Å². The Kier molecular flexibility index (Phi) is 5.19. The Morgan fingerprint density at radius 2 is 2.17 bits per heavy atom. The third-order valence-electron chi connectivity index (χ3n) is 0.954. The molecule has 0 aromatic heterocycles. The van der Waals surface area contributed by atoms with Crippen LogP contribution in [0.15, 0.2) is 12.7 Å². The van der Waals surface area contributed by atoms with E-state index in [1.165, 1.54) is 0 Å². The second-order valence-electron chi connectivity index (χ2n) is 1.88. The van der Waals surface area contributed by atoms with E-state index in [-0.39, 0.29) is 6.61 Å². The van der Waals surface area contributed by atoms with Gasteiger partial charge in [0.25, 0.3) is 5.12 Å². The standard InChI is InChI=1S/C6H10O4S2/c1-2-6(7)12(8,9)10-4-3-5-11/h2,11H,1,3-5H2. The van der Waals surface area contributed by atoms with Crippen molar-refractivity contribution in [2.24, 2.45) is 0 Å². The number of hydrogen-bond acceptors (Lipinski definition) is 5. The molecule has 0 aromatic carbocycles. The minimum atomic E-state index is -4.07. The Morgan fingerprint density at radius 1 is 1.58 bits per heavy atom. The minimum Gasteiger partial charge on any atom is -0.274 e. The molecule has 6 heteroatoms. The number of thiol groups is 1. The van der Waals surface area contributed by atoms with Crippen LogP contribution in [0.5, 0.6) is 0 Å². The van der Waals surface area contributed by atoms with Crippen LogP contribution in [0.4, 0.5) is 0 Å². The molecule has 0 unspecified atom stereocenters. The Labute approximate surface area is 77.1 Å². The van der Waals surface area contributed by atoms with Gasteiger partial charge in [-0.3, -0.25) is 8.98 Å². The molecule has 0 aliphatic carbocycles.